The summed E-state index contributed by atoms with van der Waals surface area (Å²) in [5.41, 5.74) is 0.125. The highest BCUT2D eigenvalue weighted by Crippen LogP contribution is 2.38. The first-order valence-electron chi connectivity index (χ1n) is 7.39. The number of ether oxygens (including phenoxy) is 1. The molecule has 1 aromatic rings. The van der Waals surface area contributed by atoms with Crippen LogP contribution in [0.4, 0.5) is 4.39 Å². The van der Waals surface area contributed by atoms with Crippen LogP contribution in [0.1, 0.15) is 31.2 Å². The highest BCUT2D eigenvalue weighted by atomic mass is 19.1. The van der Waals surface area contributed by atoms with Crippen molar-refractivity contribution < 1.29 is 23.9 Å². The Hall–Kier alpha value is -1.95. The third-order valence-electron chi connectivity index (χ3n) is 4.44. The molecule has 5 nitrogen and oxygen atoms in total. The van der Waals surface area contributed by atoms with Crippen LogP contribution in [0.5, 0.6) is 0 Å². The van der Waals surface area contributed by atoms with Gasteiger partial charge in [0.15, 0.2) is 0 Å². The van der Waals surface area contributed by atoms with Gasteiger partial charge >= 0.3 is 5.97 Å². The summed E-state index contributed by atoms with van der Waals surface area (Å²) in [4.78, 5) is 17.0. The summed E-state index contributed by atoms with van der Waals surface area (Å²) >= 11 is 0. The fourth-order valence-electron chi connectivity index (χ4n) is 3.10. The molecule has 2 heterocycles. The number of aliphatic carboxylic acids is 1. The van der Waals surface area contributed by atoms with E-state index in [0.717, 1.165) is 0 Å². The molecule has 0 bridgehead atoms. The van der Waals surface area contributed by atoms with E-state index in [-0.39, 0.29) is 11.9 Å². The zero-order valence-corrected chi connectivity index (χ0v) is 12.1. The van der Waals surface area contributed by atoms with Crippen LogP contribution >= 0.6 is 0 Å². The van der Waals surface area contributed by atoms with E-state index in [2.05, 4.69) is 5.16 Å². The Kier molecular flexibility index (Phi) is 4.11. The van der Waals surface area contributed by atoms with E-state index in [1.807, 2.05) is 0 Å². The molecule has 3 rings (SSSR count). The number of hydrogen-bond acceptors (Lipinski definition) is 4. The van der Waals surface area contributed by atoms with Gasteiger partial charge in [0.25, 0.3) is 0 Å². The lowest BCUT2D eigenvalue weighted by molar-refractivity contribution is -0.158. The third kappa shape index (κ3) is 2.83. The van der Waals surface area contributed by atoms with E-state index in [1.165, 1.54) is 6.07 Å². The number of carbonyl (C=O) groups is 1. The van der Waals surface area contributed by atoms with E-state index < -0.39 is 11.4 Å². The number of hydrogen-bond donors (Lipinski definition) is 1. The first-order chi connectivity index (χ1) is 10.6. The van der Waals surface area contributed by atoms with Gasteiger partial charge in [-0.1, -0.05) is 23.4 Å². The molecule has 0 radical (unpaired) electrons. The van der Waals surface area contributed by atoms with Gasteiger partial charge in [0.05, 0.1) is 11.1 Å². The van der Waals surface area contributed by atoms with Crippen molar-refractivity contribution in [3.8, 4) is 0 Å². The SMILES string of the molecule is O=C(O)C1(C[C@@H]2CC(c3ccccc3F)=NO2)CCOCC1. The number of nitrogens with zero attached hydrogens (tertiary/aromatic N) is 1. The smallest absolute Gasteiger partial charge is 0.309 e. The highest BCUT2D eigenvalue weighted by molar-refractivity contribution is 6.01. The fourth-order valence-corrected chi connectivity index (χ4v) is 3.10. The molecule has 0 saturated carbocycles. The van der Waals surface area contributed by atoms with E-state index in [4.69, 9.17) is 9.57 Å². The molecule has 1 fully saturated rings. The maximum atomic E-state index is 13.8. The Bertz CT molecular complexity index is 596. The summed E-state index contributed by atoms with van der Waals surface area (Å²) in [6, 6.07) is 6.39. The van der Waals surface area contributed by atoms with E-state index in [0.29, 0.717) is 50.2 Å². The van der Waals surface area contributed by atoms with E-state index in [1.54, 1.807) is 18.2 Å². The predicted molar refractivity (Wildman–Crippen MR) is 77.2 cm³/mol. The molecule has 6 heteroatoms. The number of carboxylic acid groups (broad SMARTS) is 1. The molecule has 118 valence electrons. The molecule has 1 atom stereocenters. The zero-order chi connectivity index (χ0) is 15.6. The third-order valence-corrected chi connectivity index (χ3v) is 4.44. The van der Waals surface area contributed by atoms with Crippen LogP contribution in [0.2, 0.25) is 0 Å². The summed E-state index contributed by atoms with van der Waals surface area (Å²) in [5.74, 6) is -1.16. The lowest BCUT2D eigenvalue weighted by Gasteiger charge is -2.34. The average molecular weight is 307 g/mol. The molecule has 1 saturated heterocycles. The Morgan fingerprint density at radius 3 is 2.77 bits per heavy atom. The summed E-state index contributed by atoms with van der Waals surface area (Å²) in [5, 5.41) is 13.5. The van der Waals surface area contributed by atoms with E-state index >= 15 is 0 Å². The Balaban J connectivity index is 1.69. The first-order valence-corrected chi connectivity index (χ1v) is 7.39. The lowest BCUT2D eigenvalue weighted by atomic mass is 9.75. The van der Waals surface area contributed by atoms with Crippen LogP contribution in [0.25, 0.3) is 0 Å². The van der Waals surface area contributed by atoms with Crippen molar-refractivity contribution in [3.05, 3.63) is 35.6 Å². The van der Waals surface area contributed by atoms with Gasteiger partial charge < -0.3 is 14.7 Å². The minimum absolute atomic E-state index is 0.330. The summed E-state index contributed by atoms with van der Waals surface area (Å²) in [7, 11) is 0. The lowest BCUT2D eigenvalue weighted by Crippen LogP contribution is -2.40. The monoisotopic (exact) mass is 307 g/mol. The largest absolute Gasteiger partial charge is 0.481 e. The minimum Gasteiger partial charge on any atom is -0.481 e. The highest BCUT2D eigenvalue weighted by Gasteiger charge is 2.44. The van der Waals surface area contributed by atoms with Gasteiger partial charge in [-0.3, -0.25) is 4.79 Å². The van der Waals surface area contributed by atoms with Gasteiger partial charge in [0.1, 0.15) is 11.9 Å². The number of halogens is 1. The van der Waals surface area contributed by atoms with Crippen molar-refractivity contribution in [2.75, 3.05) is 13.2 Å². The molecule has 0 aliphatic carbocycles. The standard InChI is InChI=1S/C16H18FNO4/c17-13-4-2-1-3-12(13)14-9-11(22-18-14)10-16(15(19)20)5-7-21-8-6-16/h1-4,11H,5-10H2,(H,19,20)/t11-/m0/s1. The second-order valence-corrected chi connectivity index (χ2v) is 5.85. The van der Waals surface area contributed by atoms with Gasteiger partial charge in [-0.05, 0) is 18.9 Å². The van der Waals surface area contributed by atoms with Gasteiger partial charge in [-0.2, -0.15) is 0 Å². The maximum absolute atomic E-state index is 13.8. The van der Waals surface area contributed by atoms with Crippen molar-refractivity contribution in [2.45, 2.75) is 31.8 Å². The van der Waals surface area contributed by atoms with Gasteiger partial charge in [-0.15, -0.1) is 0 Å². The van der Waals surface area contributed by atoms with Crippen molar-refractivity contribution in [1.82, 2.24) is 0 Å². The summed E-state index contributed by atoms with van der Waals surface area (Å²) in [6.07, 6.45) is 1.40. The Morgan fingerprint density at radius 2 is 2.09 bits per heavy atom. The first kappa shape index (κ1) is 15.0. The van der Waals surface area contributed by atoms with Crippen LogP contribution in [0.15, 0.2) is 29.4 Å². The molecule has 0 spiro atoms. The normalized spacial score (nSPS) is 23.7. The molecule has 2 aliphatic rings. The average Bonchev–Trinajstić information content (AvgIpc) is 2.96. The predicted octanol–water partition coefficient (Wildman–Crippen LogP) is 2.59. The Morgan fingerprint density at radius 1 is 1.36 bits per heavy atom. The van der Waals surface area contributed by atoms with Crippen LogP contribution in [0.3, 0.4) is 0 Å². The number of oxime groups is 1. The molecule has 22 heavy (non-hydrogen) atoms. The quantitative estimate of drug-likeness (QED) is 0.928. The van der Waals surface area contributed by atoms with Crippen LogP contribution in [-0.4, -0.2) is 36.1 Å². The topological polar surface area (TPSA) is 68.1 Å². The summed E-state index contributed by atoms with van der Waals surface area (Å²) in [6.45, 7) is 0.889. The molecule has 0 aromatic heterocycles. The molecular weight excluding hydrogens is 289 g/mol. The second kappa shape index (κ2) is 6.04. The second-order valence-electron chi connectivity index (χ2n) is 5.85. The number of rotatable bonds is 4. The van der Waals surface area contributed by atoms with Crippen molar-refractivity contribution >= 4 is 11.7 Å². The fraction of sp³-hybridized carbons (Fsp3) is 0.500. The maximum Gasteiger partial charge on any atom is 0.309 e. The zero-order valence-electron chi connectivity index (χ0n) is 12.1. The molecule has 0 unspecified atom stereocenters. The number of benzene rings is 1. The van der Waals surface area contributed by atoms with Gasteiger partial charge in [0.2, 0.25) is 0 Å². The van der Waals surface area contributed by atoms with Crippen molar-refractivity contribution in [3.63, 3.8) is 0 Å². The number of carboxylic acids is 1. The summed E-state index contributed by atoms with van der Waals surface area (Å²) < 4.78 is 19.0. The molecular formula is C16H18FNO4. The molecule has 1 aromatic carbocycles. The molecule has 1 N–H and O–H groups in total. The van der Waals surface area contributed by atoms with Gasteiger partial charge in [-0.25, -0.2) is 4.39 Å². The van der Waals surface area contributed by atoms with Crippen LogP contribution < -0.4 is 0 Å². The Labute approximate surface area is 127 Å². The van der Waals surface area contributed by atoms with Crippen molar-refractivity contribution in [2.24, 2.45) is 10.6 Å². The minimum atomic E-state index is -0.830. The van der Waals surface area contributed by atoms with Crippen LogP contribution in [-0.2, 0) is 14.4 Å². The van der Waals surface area contributed by atoms with Crippen LogP contribution in [0, 0.1) is 11.2 Å². The van der Waals surface area contributed by atoms with Crippen molar-refractivity contribution in [1.29, 1.82) is 0 Å². The van der Waals surface area contributed by atoms with E-state index in [9.17, 15) is 14.3 Å². The molecule has 0 amide bonds. The van der Waals surface area contributed by atoms with Gasteiger partial charge in [0, 0.05) is 31.6 Å². The molecule has 2 aliphatic heterocycles.